The number of hydrogen-bond donors (Lipinski definition) is 6. The van der Waals surface area contributed by atoms with Crippen molar-refractivity contribution in [2.24, 2.45) is 11.7 Å². The van der Waals surface area contributed by atoms with Gasteiger partial charge >= 0.3 is 18.1 Å². The van der Waals surface area contributed by atoms with Gasteiger partial charge in [-0.3, -0.25) is 14.5 Å². The number of rotatable bonds is 28. The molecule has 1 aliphatic heterocycles. The summed E-state index contributed by atoms with van der Waals surface area (Å²) in [5.74, 6) is -0.954. The summed E-state index contributed by atoms with van der Waals surface area (Å²) < 4.78 is 45.3. The van der Waals surface area contributed by atoms with E-state index in [9.17, 15) is 33.5 Å². The Morgan fingerprint density at radius 3 is 2.25 bits per heavy atom. The fourth-order valence-electron chi connectivity index (χ4n) is 11.1. The second-order valence-corrected chi connectivity index (χ2v) is 26.2. The van der Waals surface area contributed by atoms with Crippen molar-refractivity contribution in [3.05, 3.63) is 161 Å². The molecule has 5 aromatic carbocycles. The number of quaternary nitrogens is 1. The van der Waals surface area contributed by atoms with Crippen LogP contribution in [0.15, 0.2) is 128 Å². The fourth-order valence-corrected chi connectivity index (χ4v) is 12.4. The third-order valence-electron chi connectivity index (χ3n) is 16.1. The van der Waals surface area contributed by atoms with Gasteiger partial charge in [-0.1, -0.05) is 86.1 Å². The molecule has 8 aromatic rings. The first-order chi connectivity index (χ1) is 45.4. The van der Waals surface area contributed by atoms with Gasteiger partial charge in [0.1, 0.15) is 71.7 Å². The number of hydrogen-bond acceptors (Lipinski definition) is 16. The molecule has 0 saturated carbocycles. The molecule has 0 aliphatic carbocycles. The Kier molecular flexibility index (Phi) is 23.3. The van der Waals surface area contributed by atoms with E-state index in [2.05, 4.69) is 48.2 Å². The number of aliphatic carboxylic acids is 1. The maximum atomic E-state index is 14.5. The molecular formula is C70H80ClFN11O11S+. The maximum Gasteiger partial charge on any atom is 0.408 e. The summed E-state index contributed by atoms with van der Waals surface area (Å²) in [6.45, 7) is 16.0. The van der Waals surface area contributed by atoms with Crippen molar-refractivity contribution in [2.75, 3.05) is 65.3 Å². The standard InChI is InChI=1S/C70H79ClFN11O11S/c1-42(2)60(81-69(89)94-70(4,5)6)64(85)80-52(16-13-30-75-68(73)88)63(84)79-48-25-19-44(20-26-48)39-83(7)35-32-82(33-36-83)34-37-91-55-28-27-50(43(3)59(55)71)57-58-65(76-41-77-66(58)95-61(57)45-21-23-47(72)24-22-45)93-56(67(86)87)38-46-14-9-11-17-53(46)92-40-49-29-31-74-62(78-49)51-15-10-12-18-54(51)90-8/h9-12,14-15,17-29,31,41-42,52,56,60H,13,16,30,32-40H2,1-8H3,(H6-,73,75,79,80,81,84,85,86,87,88,89)/p+1/t52?,56-,60?/m1/s1. The van der Waals surface area contributed by atoms with E-state index in [1.165, 1.54) is 29.8 Å². The summed E-state index contributed by atoms with van der Waals surface area (Å²) in [7, 11) is 3.81. The number of carboxylic acids is 1. The lowest BCUT2D eigenvalue weighted by atomic mass is 9.96. The van der Waals surface area contributed by atoms with Crippen molar-refractivity contribution in [3.63, 3.8) is 0 Å². The second kappa shape index (κ2) is 31.6. The summed E-state index contributed by atoms with van der Waals surface area (Å²) in [5.41, 5.74) is 10.6. The number of amides is 5. The number of benzene rings is 5. The van der Waals surface area contributed by atoms with E-state index in [1.54, 1.807) is 90.4 Å². The number of anilines is 1. The number of alkyl carbamates (subject to hydrolysis) is 1. The number of piperazine rings is 1. The number of carbonyl (C=O) groups is 5. The minimum absolute atomic E-state index is 0.0325. The molecule has 1 aliphatic rings. The number of para-hydroxylation sites is 2. The molecule has 0 radical (unpaired) electrons. The average Bonchev–Trinajstić information content (AvgIpc) is 1.61. The number of likely N-dealkylation sites (N-methyl/N-ethyl adjacent to an activating group) is 1. The molecule has 1 fully saturated rings. The molecule has 3 atom stereocenters. The van der Waals surface area contributed by atoms with Crippen LogP contribution >= 0.6 is 22.9 Å². The Morgan fingerprint density at radius 1 is 0.842 bits per heavy atom. The van der Waals surface area contributed by atoms with E-state index in [0.29, 0.717) is 102 Å². The van der Waals surface area contributed by atoms with E-state index in [4.69, 9.17) is 46.0 Å². The van der Waals surface area contributed by atoms with Crippen molar-refractivity contribution >= 4 is 68.7 Å². The second-order valence-electron chi connectivity index (χ2n) is 24.8. The van der Waals surface area contributed by atoms with Crippen molar-refractivity contribution in [1.82, 2.24) is 40.8 Å². The van der Waals surface area contributed by atoms with Gasteiger partial charge < -0.3 is 60.3 Å². The number of halogens is 2. The van der Waals surface area contributed by atoms with Gasteiger partial charge in [0.25, 0.3) is 0 Å². The highest BCUT2D eigenvalue weighted by atomic mass is 35.5. The first-order valence-electron chi connectivity index (χ1n) is 31.2. The predicted octanol–water partition coefficient (Wildman–Crippen LogP) is 11.0. The molecule has 0 spiro atoms. The molecule has 3 aromatic heterocycles. The zero-order valence-electron chi connectivity index (χ0n) is 54.4. The third kappa shape index (κ3) is 18.7. The third-order valence-corrected chi connectivity index (χ3v) is 17.7. The first-order valence-corrected chi connectivity index (χ1v) is 32.4. The highest BCUT2D eigenvalue weighted by Crippen LogP contribution is 2.50. The van der Waals surface area contributed by atoms with E-state index < -0.39 is 59.5 Å². The van der Waals surface area contributed by atoms with Crippen LogP contribution in [-0.2, 0) is 38.7 Å². The van der Waals surface area contributed by atoms with Crippen molar-refractivity contribution in [1.29, 1.82) is 0 Å². The molecule has 95 heavy (non-hydrogen) atoms. The molecule has 9 rings (SSSR count). The van der Waals surface area contributed by atoms with Crippen molar-refractivity contribution in [3.8, 4) is 56.1 Å². The Hall–Kier alpha value is -9.49. The number of urea groups is 1. The topological polar surface area (TPSA) is 281 Å². The van der Waals surface area contributed by atoms with Crippen LogP contribution in [0.1, 0.15) is 69.8 Å². The van der Waals surface area contributed by atoms with E-state index in [1.807, 2.05) is 67.6 Å². The van der Waals surface area contributed by atoms with Gasteiger partial charge in [0, 0.05) is 60.5 Å². The van der Waals surface area contributed by atoms with E-state index in [0.717, 1.165) is 48.3 Å². The summed E-state index contributed by atoms with van der Waals surface area (Å²) >= 11 is 8.57. The summed E-state index contributed by atoms with van der Waals surface area (Å²) in [5, 5.41) is 22.5. The lowest BCUT2D eigenvalue weighted by Gasteiger charge is -2.42. The van der Waals surface area contributed by atoms with Crippen LogP contribution in [0.5, 0.6) is 23.1 Å². The molecule has 500 valence electrons. The highest BCUT2D eigenvalue weighted by Gasteiger charge is 2.33. The minimum Gasteiger partial charge on any atom is -0.496 e. The normalized spacial score (nSPS) is 14.1. The quantitative estimate of drug-likeness (QED) is 0.0196. The number of carboxylic acid groups (broad SMARTS) is 1. The highest BCUT2D eigenvalue weighted by molar-refractivity contribution is 7.22. The Morgan fingerprint density at radius 2 is 1.56 bits per heavy atom. The van der Waals surface area contributed by atoms with E-state index >= 15 is 0 Å². The smallest absolute Gasteiger partial charge is 0.408 e. The summed E-state index contributed by atoms with van der Waals surface area (Å²) in [6.07, 6.45) is 1.20. The lowest BCUT2D eigenvalue weighted by Crippen LogP contribution is -2.57. The molecular weight excluding hydrogens is 1260 g/mol. The van der Waals surface area contributed by atoms with Gasteiger partial charge in [0.05, 0.1) is 48.9 Å². The van der Waals surface area contributed by atoms with Crippen LogP contribution < -0.4 is 45.9 Å². The van der Waals surface area contributed by atoms with Crippen LogP contribution in [0.2, 0.25) is 5.02 Å². The van der Waals surface area contributed by atoms with Crippen LogP contribution in [0, 0.1) is 18.7 Å². The van der Waals surface area contributed by atoms with Crippen LogP contribution in [0.3, 0.4) is 0 Å². The molecule has 2 unspecified atom stereocenters. The van der Waals surface area contributed by atoms with E-state index in [-0.39, 0.29) is 37.8 Å². The van der Waals surface area contributed by atoms with Gasteiger partial charge in [-0.2, -0.15) is 0 Å². The number of nitrogens with one attached hydrogen (secondary N) is 4. The van der Waals surface area contributed by atoms with Gasteiger partial charge in [-0.15, -0.1) is 11.3 Å². The van der Waals surface area contributed by atoms with Gasteiger partial charge in [-0.05, 0) is 123 Å². The lowest BCUT2D eigenvalue weighted by molar-refractivity contribution is -0.926. The molecule has 22 nitrogen and oxygen atoms in total. The molecule has 7 N–H and O–H groups in total. The molecule has 0 bridgehead atoms. The molecule has 5 amide bonds. The number of nitrogens with zero attached hydrogens (tertiary/aromatic N) is 6. The number of carbonyl (C=O) groups excluding carboxylic acids is 4. The minimum atomic E-state index is -1.43. The van der Waals surface area contributed by atoms with Gasteiger partial charge in [-0.25, -0.2) is 38.7 Å². The monoisotopic (exact) mass is 1340 g/mol. The van der Waals surface area contributed by atoms with Gasteiger partial charge in [0.15, 0.2) is 5.82 Å². The SMILES string of the molecule is COc1ccccc1-c1nccc(COc2ccccc2C[C@@H](Oc2ncnc3sc(-c4ccc(F)cc4)c(-c4ccc(OCCN5CC[N+](C)(Cc6ccc(NC(=O)C(CCCNC(N)=O)NC(=O)C(NC(=O)OC(C)(C)C)C(C)C)cc6)CC5)c(Cl)c4C)c23)C(=O)O)n1. The number of nitrogens with two attached hydrogens (primary N) is 1. The Labute approximate surface area is 560 Å². The van der Waals surface area contributed by atoms with Crippen molar-refractivity contribution < 1.29 is 61.6 Å². The number of thiophene rings is 1. The van der Waals surface area contributed by atoms with Crippen LogP contribution in [0.4, 0.5) is 19.7 Å². The fraction of sp³-hybridized carbons (Fsp3) is 0.357. The maximum absolute atomic E-state index is 14.5. The average molecular weight is 1340 g/mol. The zero-order chi connectivity index (χ0) is 68.0. The molecule has 25 heteroatoms. The number of methoxy groups -OCH3 is 1. The summed E-state index contributed by atoms with van der Waals surface area (Å²) in [4.78, 5) is 86.5. The first kappa shape index (κ1) is 69.8. The Balaban J connectivity index is 0.831. The zero-order valence-corrected chi connectivity index (χ0v) is 55.9. The predicted molar refractivity (Wildman–Crippen MR) is 362 cm³/mol. The van der Waals surface area contributed by atoms with Crippen LogP contribution in [-0.4, -0.2) is 148 Å². The van der Waals surface area contributed by atoms with Gasteiger partial charge in [0.2, 0.25) is 23.8 Å². The Bertz CT molecular complexity index is 4010. The number of ether oxygens (including phenoxy) is 5. The summed E-state index contributed by atoms with van der Waals surface area (Å²) in [6, 6.07) is 31.1. The van der Waals surface area contributed by atoms with Crippen LogP contribution in [0.25, 0.3) is 43.2 Å². The molecule has 1 saturated heterocycles. The van der Waals surface area contributed by atoms with Crippen molar-refractivity contribution in [2.45, 2.75) is 97.7 Å². The molecule has 4 heterocycles. The largest absolute Gasteiger partial charge is 0.496 e. The number of primary amides is 1. The number of fused-ring (bicyclic) bond motifs is 1. The number of aromatic nitrogens is 4.